The lowest BCUT2D eigenvalue weighted by Crippen LogP contribution is -2.21. The second-order valence-electron chi connectivity index (χ2n) is 5.04. The molecule has 2 heteroatoms. The van der Waals surface area contributed by atoms with E-state index >= 15 is 0 Å². The van der Waals surface area contributed by atoms with Gasteiger partial charge in [-0.15, -0.1) is 11.3 Å². The highest BCUT2D eigenvalue weighted by atomic mass is 32.1. The van der Waals surface area contributed by atoms with E-state index < -0.39 is 0 Å². The van der Waals surface area contributed by atoms with Gasteiger partial charge in [-0.05, 0) is 42.2 Å². The van der Waals surface area contributed by atoms with E-state index in [2.05, 4.69) is 20.8 Å². The molecule has 0 spiro atoms. The van der Waals surface area contributed by atoms with Gasteiger partial charge in [0.1, 0.15) is 0 Å². The molecule has 0 saturated carbocycles. The number of nitrogens with two attached hydrogens (primary N) is 1. The molecule has 78 valence electrons. The third-order valence-corrected chi connectivity index (χ3v) is 4.38. The highest BCUT2D eigenvalue weighted by molar-refractivity contribution is 7.16. The maximum atomic E-state index is 6.04. The molecule has 2 N–H and O–H groups in total. The van der Waals surface area contributed by atoms with Crippen molar-refractivity contribution in [1.29, 1.82) is 0 Å². The summed E-state index contributed by atoms with van der Waals surface area (Å²) in [6, 6.07) is 0. The van der Waals surface area contributed by atoms with E-state index in [9.17, 15) is 0 Å². The average molecular weight is 209 g/mol. The lowest BCUT2D eigenvalue weighted by molar-refractivity contribution is 0.318. The van der Waals surface area contributed by atoms with E-state index in [1.54, 1.807) is 10.4 Å². The zero-order valence-electron chi connectivity index (χ0n) is 9.31. The molecule has 0 atom stereocenters. The summed E-state index contributed by atoms with van der Waals surface area (Å²) in [5.74, 6) is 0. The number of hydrogen-bond acceptors (Lipinski definition) is 2. The zero-order valence-corrected chi connectivity index (χ0v) is 10.1. The summed E-state index contributed by atoms with van der Waals surface area (Å²) in [5, 5.41) is 1.07. The number of nitrogen functional groups attached to an aromatic ring is 1. The monoisotopic (exact) mass is 209 g/mol. The van der Waals surface area contributed by atoms with Crippen molar-refractivity contribution in [3.05, 3.63) is 16.0 Å². The van der Waals surface area contributed by atoms with Crippen LogP contribution in [0.2, 0.25) is 0 Å². The Hall–Kier alpha value is -0.500. The van der Waals surface area contributed by atoms with Gasteiger partial charge in [-0.1, -0.05) is 20.8 Å². The van der Waals surface area contributed by atoms with Crippen LogP contribution < -0.4 is 5.73 Å². The first-order valence-corrected chi connectivity index (χ1v) is 6.24. The predicted molar refractivity (Wildman–Crippen MR) is 63.9 cm³/mol. The first kappa shape index (κ1) is 10.0. The third-order valence-electron chi connectivity index (χ3n) is 3.28. The van der Waals surface area contributed by atoms with E-state index in [4.69, 9.17) is 5.73 Å². The van der Waals surface area contributed by atoms with Gasteiger partial charge in [0, 0.05) is 4.88 Å². The molecule has 0 bridgehead atoms. The Morgan fingerprint density at radius 2 is 2.14 bits per heavy atom. The molecule has 1 aromatic rings. The minimum atomic E-state index is 0.481. The largest absolute Gasteiger partial charge is 0.390 e. The van der Waals surface area contributed by atoms with Gasteiger partial charge in [0.2, 0.25) is 0 Å². The van der Waals surface area contributed by atoms with Crippen molar-refractivity contribution >= 4 is 16.3 Å². The lowest BCUT2D eigenvalue weighted by atomic mass is 9.77. The topological polar surface area (TPSA) is 26.0 Å². The second kappa shape index (κ2) is 3.27. The molecule has 0 saturated heterocycles. The molecular weight excluding hydrogens is 190 g/mol. The van der Waals surface area contributed by atoms with E-state index in [1.807, 2.05) is 11.3 Å². The summed E-state index contributed by atoms with van der Waals surface area (Å²) in [6.45, 7) is 6.92. The van der Waals surface area contributed by atoms with E-state index in [0.29, 0.717) is 5.41 Å². The Labute approximate surface area is 90.3 Å². The van der Waals surface area contributed by atoms with Gasteiger partial charge >= 0.3 is 0 Å². The van der Waals surface area contributed by atoms with Crippen molar-refractivity contribution in [2.24, 2.45) is 5.41 Å². The molecule has 0 amide bonds. The van der Waals surface area contributed by atoms with Crippen LogP contribution in [0, 0.1) is 5.41 Å². The maximum Gasteiger partial charge on any atom is 0.0894 e. The van der Waals surface area contributed by atoms with Gasteiger partial charge in [-0.2, -0.15) is 0 Å². The molecule has 0 aliphatic heterocycles. The maximum absolute atomic E-state index is 6.04. The van der Waals surface area contributed by atoms with Crippen LogP contribution in [0.3, 0.4) is 0 Å². The molecule has 14 heavy (non-hydrogen) atoms. The van der Waals surface area contributed by atoms with Crippen molar-refractivity contribution in [2.45, 2.75) is 46.5 Å². The highest BCUT2D eigenvalue weighted by Gasteiger charge is 2.28. The Kier molecular flexibility index (Phi) is 2.34. The second-order valence-corrected chi connectivity index (χ2v) is 6.18. The van der Waals surface area contributed by atoms with Crippen molar-refractivity contribution in [3.63, 3.8) is 0 Å². The summed E-state index contributed by atoms with van der Waals surface area (Å²) in [7, 11) is 0. The minimum Gasteiger partial charge on any atom is -0.390 e. The smallest absolute Gasteiger partial charge is 0.0894 e. The zero-order chi connectivity index (χ0) is 10.3. The van der Waals surface area contributed by atoms with Gasteiger partial charge < -0.3 is 5.73 Å². The summed E-state index contributed by atoms with van der Waals surface area (Å²) >= 11 is 1.82. The fourth-order valence-electron chi connectivity index (χ4n) is 2.38. The summed E-state index contributed by atoms with van der Waals surface area (Å²) < 4.78 is 0. The lowest BCUT2D eigenvalue weighted by Gasteiger charge is -2.29. The Balaban J connectivity index is 2.41. The fraction of sp³-hybridized carbons (Fsp3) is 0.667. The Bertz CT molecular complexity index is 349. The van der Waals surface area contributed by atoms with Crippen molar-refractivity contribution < 1.29 is 0 Å². The standard InChI is InChI=1S/C12H19NS/c1-4-8-9-5-6-12(2,3)7-10(9)14-11(8)13/h4-7,13H2,1-3H3. The molecule has 1 aliphatic rings. The van der Waals surface area contributed by atoms with E-state index in [0.717, 1.165) is 11.4 Å². The number of thiophene rings is 1. The van der Waals surface area contributed by atoms with Gasteiger partial charge in [-0.25, -0.2) is 0 Å². The number of anilines is 1. The Morgan fingerprint density at radius 3 is 2.79 bits per heavy atom. The predicted octanol–water partition coefficient (Wildman–Crippen LogP) is 3.41. The van der Waals surface area contributed by atoms with Crippen LogP contribution in [0.1, 0.15) is 43.2 Å². The summed E-state index contributed by atoms with van der Waals surface area (Å²) in [6.07, 6.45) is 4.86. The van der Waals surface area contributed by atoms with Gasteiger partial charge in [-0.3, -0.25) is 0 Å². The average Bonchev–Trinajstić information content (AvgIpc) is 2.37. The molecule has 1 aliphatic carbocycles. The first-order chi connectivity index (χ1) is 6.53. The van der Waals surface area contributed by atoms with Crippen LogP contribution >= 0.6 is 11.3 Å². The molecular formula is C12H19NS. The van der Waals surface area contributed by atoms with Crippen LogP contribution in [0.5, 0.6) is 0 Å². The number of fused-ring (bicyclic) bond motifs is 1. The molecule has 1 aromatic heterocycles. The first-order valence-electron chi connectivity index (χ1n) is 5.42. The van der Waals surface area contributed by atoms with E-state index in [-0.39, 0.29) is 0 Å². The normalized spacial score (nSPS) is 19.4. The summed E-state index contributed by atoms with van der Waals surface area (Å²) in [4.78, 5) is 1.55. The molecule has 2 rings (SSSR count). The quantitative estimate of drug-likeness (QED) is 0.753. The highest BCUT2D eigenvalue weighted by Crippen LogP contribution is 2.42. The molecule has 0 fully saturated rings. The van der Waals surface area contributed by atoms with Crippen LogP contribution in [0.4, 0.5) is 5.00 Å². The van der Waals surface area contributed by atoms with Crippen LogP contribution in [0.25, 0.3) is 0 Å². The van der Waals surface area contributed by atoms with Crippen molar-refractivity contribution in [2.75, 3.05) is 5.73 Å². The SMILES string of the molecule is CCc1c(N)sc2c1CCC(C)(C)C2. The number of rotatable bonds is 1. The third kappa shape index (κ3) is 1.56. The number of hydrogen-bond donors (Lipinski definition) is 1. The molecule has 0 aromatic carbocycles. The summed E-state index contributed by atoms with van der Waals surface area (Å²) in [5.41, 5.74) is 9.53. The van der Waals surface area contributed by atoms with E-state index in [1.165, 1.54) is 24.8 Å². The van der Waals surface area contributed by atoms with Gasteiger partial charge in [0.15, 0.2) is 0 Å². The van der Waals surface area contributed by atoms with Crippen LogP contribution in [-0.2, 0) is 19.3 Å². The van der Waals surface area contributed by atoms with Crippen molar-refractivity contribution in [1.82, 2.24) is 0 Å². The minimum absolute atomic E-state index is 0.481. The van der Waals surface area contributed by atoms with Crippen molar-refractivity contribution in [3.8, 4) is 0 Å². The molecule has 0 radical (unpaired) electrons. The molecule has 1 nitrogen and oxygen atoms in total. The Morgan fingerprint density at radius 1 is 1.43 bits per heavy atom. The fourth-order valence-corrected chi connectivity index (χ4v) is 3.85. The molecule has 1 heterocycles. The van der Waals surface area contributed by atoms with Gasteiger partial charge in [0.05, 0.1) is 5.00 Å². The van der Waals surface area contributed by atoms with Crippen LogP contribution in [-0.4, -0.2) is 0 Å². The van der Waals surface area contributed by atoms with Crippen LogP contribution in [0.15, 0.2) is 0 Å². The molecule has 0 unspecified atom stereocenters. The van der Waals surface area contributed by atoms with Gasteiger partial charge in [0.25, 0.3) is 0 Å².